The van der Waals surface area contributed by atoms with Crippen LogP contribution in [0.4, 0.5) is 0 Å². The van der Waals surface area contributed by atoms with Gasteiger partial charge in [0.25, 0.3) is 0 Å². The third kappa shape index (κ3) is 3.22. The summed E-state index contributed by atoms with van der Waals surface area (Å²) in [5, 5.41) is 3.44. The molecule has 0 aliphatic heterocycles. The van der Waals surface area contributed by atoms with Gasteiger partial charge in [0.15, 0.2) is 0 Å². The number of aryl methyl sites for hydroxylation is 1. The van der Waals surface area contributed by atoms with Gasteiger partial charge in [-0.25, -0.2) is 0 Å². The fourth-order valence-electron chi connectivity index (χ4n) is 2.23. The van der Waals surface area contributed by atoms with Crippen molar-refractivity contribution >= 4 is 27.3 Å². The van der Waals surface area contributed by atoms with Gasteiger partial charge in [0.2, 0.25) is 0 Å². The Hall–Kier alpha value is -0.640. The Bertz CT molecular complexity index is 507. The van der Waals surface area contributed by atoms with Crippen LogP contribution in [0, 0.1) is 0 Å². The molecule has 1 aromatic heterocycles. The van der Waals surface area contributed by atoms with E-state index in [9.17, 15) is 0 Å². The fourth-order valence-corrected chi connectivity index (χ4v) is 3.75. The van der Waals surface area contributed by atoms with E-state index in [2.05, 4.69) is 64.6 Å². The molecule has 1 atom stereocenters. The van der Waals surface area contributed by atoms with Crippen molar-refractivity contribution in [3.8, 4) is 0 Å². The maximum atomic E-state index is 3.53. The molecule has 1 unspecified atom stereocenters. The summed E-state index contributed by atoms with van der Waals surface area (Å²) in [5.74, 6) is 0. The second kappa shape index (κ2) is 6.50. The summed E-state index contributed by atoms with van der Waals surface area (Å²) < 4.78 is 1.20. The lowest BCUT2D eigenvalue weighted by atomic mass is 9.96. The first kappa shape index (κ1) is 13.8. The highest BCUT2D eigenvalue weighted by Gasteiger charge is 2.14. The second-order valence-corrected chi connectivity index (χ2v) is 6.85. The molecule has 1 heterocycles. The van der Waals surface area contributed by atoms with E-state index in [0.29, 0.717) is 6.04 Å². The number of rotatable bonds is 5. The van der Waals surface area contributed by atoms with Crippen molar-refractivity contribution < 1.29 is 0 Å². The van der Waals surface area contributed by atoms with Gasteiger partial charge in [-0.1, -0.05) is 31.2 Å². The van der Waals surface area contributed by atoms with E-state index in [-0.39, 0.29) is 0 Å². The Morgan fingerprint density at radius 3 is 2.61 bits per heavy atom. The summed E-state index contributed by atoms with van der Waals surface area (Å²) in [4.78, 5) is 1.41. The van der Waals surface area contributed by atoms with Crippen LogP contribution in [0.15, 0.2) is 40.2 Å². The highest BCUT2D eigenvalue weighted by molar-refractivity contribution is 9.11. The average molecular weight is 324 g/mol. The number of hydrogen-bond donors (Lipinski definition) is 1. The number of likely N-dealkylation sites (N-methyl/N-ethyl adjacent to an activating group) is 1. The minimum atomic E-state index is 0.395. The minimum Gasteiger partial charge on any atom is -0.313 e. The van der Waals surface area contributed by atoms with Gasteiger partial charge in [-0.05, 0) is 52.7 Å². The topological polar surface area (TPSA) is 12.0 Å². The van der Waals surface area contributed by atoms with Crippen LogP contribution < -0.4 is 5.32 Å². The second-order valence-electron chi connectivity index (χ2n) is 4.30. The lowest BCUT2D eigenvalue weighted by molar-refractivity contribution is 0.591. The molecule has 2 rings (SSSR count). The largest absolute Gasteiger partial charge is 0.313 e. The standard InChI is InChI=1S/C15H18BrNS/c1-3-11-6-4-5-7-13(11)14(17-2)10-12-8-9-15(16)18-12/h4-9,14,17H,3,10H2,1-2H3. The van der Waals surface area contributed by atoms with Crippen molar-refractivity contribution in [1.29, 1.82) is 0 Å². The summed E-state index contributed by atoms with van der Waals surface area (Å²) in [6.07, 6.45) is 2.13. The summed E-state index contributed by atoms with van der Waals surface area (Å²) in [5.41, 5.74) is 2.86. The predicted molar refractivity (Wildman–Crippen MR) is 83.3 cm³/mol. The van der Waals surface area contributed by atoms with Crippen LogP contribution in [0.2, 0.25) is 0 Å². The summed E-state index contributed by atoms with van der Waals surface area (Å²) >= 11 is 5.34. The third-order valence-corrected chi connectivity index (χ3v) is 4.84. The Morgan fingerprint density at radius 2 is 2.00 bits per heavy atom. The molecule has 0 radical (unpaired) electrons. The van der Waals surface area contributed by atoms with Gasteiger partial charge in [-0.3, -0.25) is 0 Å². The molecule has 96 valence electrons. The van der Waals surface area contributed by atoms with Crippen LogP contribution >= 0.6 is 27.3 Å². The lowest BCUT2D eigenvalue weighted by Gasteiger charge is -2.19. The van der Waals surface area contributed by atoms with E-state index in [0.717, 1.165) is 12.8 Å². The SMILES string of the molecule is CCc1ccccc1C(Cc1ccc(Br)s1)NC. The third-order valence-electron chi connectivity index (χ3n) is 3.19. The number of nitrogens with one attached hydrogen (secondary N) is 1. The summed E-state index contributed by atoms with van der Waals surface area (Å²) in [6, 6.07) is 13.4. The zero-order valence-corrected chi connectivity index (χ0v) is 13.1. The molecule has 3 heteroatoms. The average Bonchev–Trinajstić information content (AvgIpc) is 2.81. The number of benzene rings is 1. The highest BCUT2D eigenvalue weighted by Crippen LogP contribution is 2.28. The Labute approximate surface area is 121 Å². The van der Waals surface area contributed by atoms with Crippen LogP contribution in [0.25, 0.3) is 0 Å². The molecule has 0 aliphatic carbocycles. The zero-order valence-electron chi connectivity index (χ0n) is 10.7. The van der Waals surface area contributed by atoms with E-state index in [1.165, 1.54) is 19.8 Å². The molecule has 0 bridgehead atoms. The maximum Gasteiger partial charge on any atom is 0.0701 e. The van der Waals surface area contributed by atoms with Crippen molar-refractivity contribution in [3.05, 3.63) is 56.2 Å². The van der Waals surface area contributed by atoms with Gasteiger partial charge in [0.05, 0.1) is 3.79 Å². The summed E-state index contributed by atoms with van der Waals surface area (Å²) in [7, 11) is 2.04. The van der Waals surface area contributed by atoms with E-state index in [4.69, 9.17) is 0 Å². The van der Waals surface area contributed by atoms with Gasteiger partial charge in [0.1, 0.15) is 0 Å². The van der Waals surface area contributed by atoms with Gasteiger partial charge in [0, 0.05) is 17.3 Å². The monoisotopic (exact) mass is 323 g/mol. The van der Waals surface area contributed by atoms with E-state index >= 15 is 0 Å². The molecule has 1 N–H and O–H groups in total. The maximum absolute atomic E-state index is 3.53. The predicted octanol–water partition coefficient (Wildman–Crippen LogP) is 4.58. The van der Waals surface area contributed by atoms with E-state index in [1.807, 2.05) is 18.4 Å². The Morgan fingerprint density at radius 1 is 1.22 bits per heavy atom. The fraction of sp³-hybridized carbons (Fsp3) is 0.333. The van der Waals surface area contributed by atoms with Gasteiger partial charge < -0.3 is 5.32 Å². The van der Waals surface area contributed by atoms with Crippen molar-refractivity contribution in [2.75, 3.05) is 7.05 Å². The molecule has 0 aliphatic rings. The van der Waals surface area contributed by atoms with Crippen LogP contribution in [0.3, 0.4) is 0 Å². The van der Waals surface area contributed by atoms with Gasteiger partial charge in [-0.15, -0.1) is 11.3 Å². The van der Waals surface area contributed by atoms with E-state index < -0.39 is 0 Å². The Kier molecular flexibility index (Phi) is 4.98. The molecule has 2 aromatic rings. The first-order valence-corrected chi connectivity index (χ1v) is 7.84. The summed E-state index contributed by atoms with van der Waals surface area (Å²) in [6.45, 7) is 2.22. The van der Waals surface area contributed by atoms with Crippen molar-refractivity contribution in [1.82, 2.24) is 5.32 Å². The molecule has 1 nitrogen and oxygen atoms in total. The minimum absolute atomic E-state index is 0.395. The molecular weight excluding hydrogens is 306 g/mol. The first-order chi connectivity index (χ1) is 8.74. The van der Waals surface area contributed by atoms with Crippen LogP contribution in [-0.2, 0) is 12.8 Å². The van der Waals surface area contributed by atoms with Crippen LogP contribution in [0.1, 0.15) is 29.0 Å². The molecule has 0 saturated carbocycles. The van der Waals surface area contributed by atoms with Crippen molar-refractivity contribution in [2.45, 2.75) is 25.8 Å². The van der Waals surface area contributed by atoms with Gasteiger partial charge in [-0.2, -0.15) is 0 Å². The van der Waals surface area contributed by atoms with Crippen LogP contribution in [-0.4, -0.2) is 7.05 Å². The molecule has 18 heavy (non-hydrogen) atoms. The van der Waals surface area contributed by atoms with Crippen molar-refractivity contribution in [2.24, 2.45) is 0 Å². The lowest BCUT2D eigenvalue weighted by Crippen LogP contribution is -2.19. The molecule has 0 amide bonds. The molecule has 0 fully saturated rings. The Balaban J connectivity index is 2.22. The number of hydrogen-bond acceptors (Lipinski definition) is 2. The van der Waals surface area contributed by atoms with Gasteiger partial charge >= 0.3 is 0 Å². The molecule has 1 aromatic carbocycles. The first-order valence-electron chi connectivity index (χ1n) is 6.24. The van der Waals surface area contributed by atoms with Crippen molar-refractivity contribution in [3.63, 3.8) is 0 Å². The number of thiophene rings is 1. The van der Waals surface area contributed by atoms with Crippen LogP contribution in [0.5, 0.6) is 0 Å². The normalized spacial score (nSPS) is 12.6. The molecular formula is C15H18BrNS. The smallest absolute Gasteiger partial charge is 0.0701 e. The molecule has 0 saturated heterocycles. The zero-order chi connectivity index (χ0) is 13.0. The van der Waals surface area contributed by atoms with E-state index in [1.54, 1.807) is 0 Å². The quantitative estimate of drug-likeness (QED) is 0.849. The molecule has 0 spiro atoms. The highest BCUT2D eigenvalue weighted by atomic mass is 79.9. The number of halogens is 1.